The van der Waals surface area contributed by atoms with Gasteiger partial charge in [0.2, 0.25) is 0 Å². The van der Waals surface area contributed by atoms with Crippen molar-refractivity contribution < 1.29 is 22.7 Å². The van der Waals surface area contributed by atoms with Crippen LogP contribution >= 0.6 is 0 Å². The zero-order chi connectivity index (χ0) is 13.2. The van der Waals surface area contributed by atoms with Crippen molar-refractivity contribution in [3.8, 4) is 5.75 Å². The summed E-state index contributed by atoms with van der Waals surface area (Å²) in [5.41, 5.74) is 0.133. The number of hydrogen-bond acceptors (Lipinski definition) is 2. The molecule has 18 heavy (non-hydrogen) atoms. The average Bonchev–Trinajstić information content (AvgIpc) is 2.81. The summed E-state index contributed by atoms with van der Waals surface area (Å²) in [6.07, 6.45) is -0.304. The Labute approximate surface area is 102 Å². The van der Waals surface area contributed by atoms with E-state index in [4.69, 9.17) is 0 Å². The standard InChI is InChI=1S/C13H11F3O2/c14-13(15,16)12-7-10(18-8-17)5-6-11(12)9-3-1-2-4-9/h3,5-8H,1-2,4H2. The van der Waals surface area contributed by atoms with Gasteiger partial charge in [-0.25, -0.2) is 0 Å². The number of halogens is 3. The number of carbonyl (C=O) groups excluding carboxylic acids is 1. The van der Waals surface area contributed by atoms with E-state index in [2.05, 4.69) is 4.74 Å². The second kappa shape index (κ2) is 4.84. The highest BCUT2D eigenvalue weighted by Gasteiger charge is 2.34. The van der Waals surface area contributed by atoms with Crippen LogP contribution in [0.3, 0.4) is 0 Å². The first-order valence-electron chi connectivity index (χ1n) is 5.53. The van der Waals surface area contributed by atoms with Crippen LogP contribution in [0.4, 0.5) is 13.2 Å². The minimum Gasteiger partial charge on any atom is -0.429 e. The summed E-state index contributed by atoms with van der Waals surface area (Å²) in [6, 6.07) is 3.60. The molecule has 2 rings (SSSR count). The fraction of sp³-hybridized carbons (Fsp3) is 0.308. The lowest BCUT2D eigenvalue weighted by molar-refractivity contribution is -0.138. The molecule has 0 radical (unpaired) electrons. The van der Waals surface area contributed by atoms with Crippen LogP contribution in [-0.4, -0.2) is 6.47 Å². The SMILES string of the molecule is O=COc1ccc(C2=CCCC2)c(C(F)(F)F)c1. The quantitative estimate of drug-likeness (QED) is 0.769. The molecule has 0 fully saturated rings. The maximum Gasteiger partial charge on any atom is 0.417 e. The second-order valence-electron chi connectivity index (χ2n) is 4.04. The van der Waals surface area contributed by atoms with E-state index in [-0.39, 0.29) is 17.8 Å². The molecule has 0 heterocycles. The zero-order valence-electron chi connectivity index (χ0n) is 9.46. The number of allylic oxidation sites excluding steroid dienone is 2. The van der Waals surface area contributed by atoms with E-state index in [1.165, 1.54) is 12.1 Å². The Morgan fingerprint density at radius 2 is 2.06 bits per heavy atom. The smallest absolute Gasteiger partial charge is 0.417 e. The van der Waals surface area contributed by atoms with Crippen molar-refractivity contribution in [3.63, 3.8) is 0 Å². The Bertz CT molecular complexity index is 489. The normalized spacial score (nSPS) is 15.4. The predicted octanol–water partition coefficient (Wildman–Crippen LogP) is 3.81. The molecule has 1 aromatic carbocycles. The van der Waals surface area contributed by atoms with Crippen LogP contribution in [0.2, 0.25) is 0 Å². The molecule has 5 heteroatoms. The van der Waals surface area contributed by atoms with E-state index in [0.29, 0.717) is 12.0 Å². The van der Waals surface area contributed by atoms with Gasteiger partial charge in [-0.2, -0.15) is 13.2 Å². The van der Waals surface area contributed by atoms with Crippen LogP contribution in [0, 0.1) is 0 Å². The van der Waals surface area contributed by atoms with Crippen LogP contribution in [-0.2, 0) is 11.0 Å². The number of rotatable bonds is 3. The van der Waals surface area contributed by atoms with E-state index in [0.717, 1.165) is 18.9 Å². The van der Waals surface area contributed by atoms with Gasteiger partial charge in [0, 0.05) is 0 Å². The third-order valence-electron chi connectivity index (χ3n) is 2.87. The lowest BCUT2D eigenvalue weighted by Gasteiger charge is -2.14. The molecule has 0 atom stereocenters. The number of benzene rings is 1. The summed E-state index contributed by atoms with van der Waals surface area (Å²) in [5.74, 6) is -0.0975. The van der Waals surface area contributed by atoms with Crippen LogP contribution in [0.5, 0.6) is 5.75 Å². The van der Waals surface area contributed by atoms with Crippen molar-refractivity contribution in [2.24, 2.45) is 0 Å². The summed E-state index contributed by atoms with van der Waals surface area (Å²) in [6.45, 7) is 0.115. The molecule has 1 aromatic rings. The summed E-state index contributed by atoms with van der Waals surface area (Å²) in [7, 11) is 0. The molecule has 0 aromatic heterocycles. The van der Waals surface area contributed by atoms with Gasteiger partial charge in [-0.1, -0.05) is 12.1 Å². The Kier molecular flexibility index (Phi) is 3.41. The molecule has 0 bridgehead atoms. The number of hydrogen-bond donors (Lipinski definition) is 0. The van der Waals surface area contributed by atoms with Crippen molar-refractivity contribution in [2.45, 2.75) is 25.4 Å². The molecule has 0 aliphatic heterocycles. The van der Waals surface area contributed by atoms with Gasteiger partial charge in [-0.15, -0.1) is 0 Å². The minimum absolute atomic E-state index is 0.0975. The molecule has 96 valence electrons. The molecule has 0 N–H and O–H groups in total. The fourth-order valence-corrected chi connectivity index (χ4v) is 2.08. The van der Waals surface area contributed by atoms with Crippen LogP contribution in [0.1, 0.15) is 30.4 Å². The van der Waals surface area contributed by atoms with Gasteiger partial charge in [0.15, 0.2) is 0 Å². The first-order chi connectivity index (χ1) is 8.52. The molecule has 1 aliphatic carbocycles. The topological polar surface area (TPSA) is 26.3 Å². The van der Waals surface area contributed by atoms with Crippen LogP contribution in [0.25, 0.3) is 5.57 Å². The second-order valence-corrected chi connectivity index (χ2v) is 4.04. The zero-order valence-corrected chi connectivity index (χ0v) is 9.46. The van der Waals surface area contributed by atoms with Gasteiger partial charge >= 0.3 is 6.18 Å². The van der Waals surface area contributed by atoms with Gasteiger partial charge < -0.3 is 4.74 Å². The molecule has 0 saturated carbocycles. The third kappa shape index (κ3) is 2.55. The number of carbonyl (C=O) groups is 1. The number of ether oxygens (including phenoxy) is 1. The monoisotopic (exact) mass is 256 g/mol. The Morgan fingerprint density at radius 1 is 1.28 bits per heavy atom. The van der Waals surface area contributed by atoms with Crippen molar-refractivity contribution in [1.82, 2.24) is 0 Å². The molecule has 2 nitrogen and oxygen atoms in total. The third-order valence-corrected chi connectivity index (χ3v) is 2.87. The van der Waals surface area contributed by atoms with E-state index >= 15 is 0 Å². The first-order valence-corrected chi connectivity index (χ1v) is 5.53. The van der Waals surface area contributed by atoms with Gasteiger partial charge in [-0.05, 0) is 42.5 Å². The molecule has 0 saturated heterocycles. The highest BCUT2D eigenvalue weighted by atomic mass is 19.4. The summed E-state index contributed by atoms with van der Waals surface area (Å²) < 4.78 is 43.3. The lowest BCUT2D eigenvalue weighted by Crippen LogP contribution is -2.09. The largest absolute Gasteiger partial charge is 0.429 e. The van der Waals surface area contributed by atoms with Crippen molar-refractivity contribution in [2.75, 3.05) is 0 Å². The van der Waals surface area contributed by atoms with E-state index in [1.54, 1.807) is 0 Å². The van der Waals surface area contributed by atoms with Crippen LogP contribution < -0.4 is 4.74 Å². The lowest BCUT2D eigenvalue weighted by atomic mass is 9.98. The maximum atomic E-state index is 13.0. The Balaban J connectivity index is 2.48. The van der Waals surface area contributed by atoms with Crippen molar-refractivity contribution in [3.05, 3.63) is 35.4 Å². The average molecular weight is 256 g/mol. The van der Waals surface area contributed by atoms with E-state index in [1.807, 2.05) is 6.08 Å². The molecule has 1 aliphatic rings. The van der Waals surface area contributed by atoms with Gasteiger partial charge in [0.1, 0.15) is 5.75 Å². The molecular formula is C13H11F3O2. The minimum atomic E-state index is -4.46. The maximum absolute atomic E-state index is 13.0. The van der Waals surface area contributed by atoms with Crippen molar-refractivity contribution >= 4 is 12.0 Å². The Morgan fingerprint density at radius 3 is 2.61 bits per heavy atom. The highest BCUT2D eigenvalue weighted by Crippen LogP contribution is 2.40. The number of alkyl halides is 3. The highest BCUT2D eigenvalue weighted by molar-refractivity contribution is 5.71. The van der Waals surface area contributed by atoms with E-state index < -0.39 is 11.7 Å². The molecule has 0 spiro atoms. The van der Waals surface area contributed by atoms with Gasteiger partial charge in [-0.3, -0.25) is 4.79 Å². The van der Waals surface area contributed by atoms with Gasteiger partial charge in [0.05, 0.1) is 5.56 Å². The first kappa shape index (κ1) is 12.7. The fourth-order valence-electron chi connectivity index (χ4n) is 2.08. The summed E-state index contributed by atoms with van der Waals surface area (Å²) >= 11 is 0. The summed E-state index contributed by atoms with van der Waals surface area (Å²) in [5, 5.41) is 0. The van der Waals surface area contributed by atoms with E-state index in [9.17, 15) is 18.0 Å². The van der Waals surface area contributed by atoms with Gasteiger partial charge in [0.25, 0.3) is 6.47 Å². The molecule has 0 unspecified atom stereocenters. The Hall–Kier alpha value is -1.78. The molecule has 0 amide bonds. The van der Waals surface area contributed by atoms with Crippen molar-refractivity contribution in [1.29, 1.82) is 0 Å². The van der Waals surface area contributed by atoms with Crippen LogP contribution in [0.15, 0.2) is 24.3 Å². The molecular weight excluding hydrogens is 245 g/mol. The predicted molar refractivity (Wildman–Crippen MR) is 60.0 cm³/mol. The summed E-state index contributed by atoms with van der Waals surface area (Å²) in [4.78, 5) is 10.2.